The van der Waals surface area contributed by atoms with Crippen molar-refractivity contribution in [3.63, 3.8) is 0 Å². The van der Waals surface area contributed by atoms with Crippen LogP contribution in [0.25, 0.3) is 0 Å². The number of aliphatic carboxylic acids is 1. The number of hydrogen-bond donors (Lipinski definition) is 1. The maximum absolute atomic E-state index is 10.7. The number of carboxylic acids is 1. The Morgan fingerprint density at radius 2 is 1.96 bits per heavy atom. The molecule has 1 N–H and O–H groups in total. The van der Waals surface area contributed by atoms with Crippen molar-refractivity contribution in [1.29, 1.82) is 0 Å². The zero-order valence-electron chi connectivity index (χ0n) is 17.0. The summed E-state index contributed by atoms with van der Waals surface area (Å²) in [6.45, 7) is 3.61. The molecule has 28 heavy (non-hydrogen) atoms. The van der Waals surface area contributed by atoms with E-state index in [0.717, 1.165) is 38.9 Å². The predicted molar refractivity (Wildman–Crippen MR) is 108 cm³/mol. The maximum Gasteiger partial charge on any atom is 0.341 e. The minimum absolute atomic E-state index is 0.307. The lowest BCUT2D eigenvalue weighted by atomic mass is 9.75. The van der Waals surface area contributed by atoms with Crippen molar-refractivity contribution in [1.82, 2.24) is 0 Å². The molecule has 0 spiro atoms. The van der Waals surface area contributed by atoms with Crippen LogP contribution in [-0.2, 0) is 20.7 Å². The molecule has 2 aliphatic heterocycles. The Bertz CT molecular complexity index is 617. The molecule has 0 aromatic heterocycles. The standard InChI is InChI=1S/C23H34O5/c1-2-3-4-5-12-26-13-11-19-20(22-10-9-21(19)28-22)15-17-7-6-8-18(14-17)27-16-23(24)25/h6-8,14,19-22H,2-5,9-13,15-16H2,1H3,(H,24,25)/t19-,20+,21-,22+/m1/s1. The minimum atomic E-state index is -0.957. The molecule has 0 saturated carbocycles. The number of carboxylic acid groups (broad SMARTS) is 1. The fraction of sp³-hybridized carbons (Fsp3) is 0.696. The summed E-state index contributed by atoms with van der Waals surface area (Å²) >= 11 is 0. The Balaban J connectivity index is 1.49. The lowest BCUT2D eigenvalue weighted by molar-refractivity contribution is -0.139. The van der Waals surface area contributed by atoms with E-state index < -0.39 is 5.97 Å². The molecule has 0 amide bonds. The highest BCUT2D eigenvalue weighted by atomic mass is 16.5. The number of carbonyl (C=O) groups is 1. The molecular weight excluding hydrogens is 356 g/mol. The summed E-state index contributed by atoms with van der Waals surface area (Å²) in [6.07, 6.45) is 10.0. The molecule has 2 bridgehead atoms. The van der Waals surface area contributed by atoms with Gasteiger partial charge in [-0.15, -0.1) is 0 Å². The topological polar surface area (TPSA) is 65.0 Å². The van der Waals surface area contributed by atoms with Gasteiger partial charge in [0.25, 0.3) is 0 Å². The summed E-state index contributed by atoms with van der Waals surface area (Å²) < 4.78 is 17.4. The van der Waals surface area contributed by atoms with Crippen molar-refractivity contribution in [2.75, 3.05) is 19.8 Å². The Morgan fingerprint density at radius 3 is 2.75 bits per heavy atom. The van der Waals surface area contributed by atoms with E-state index in [4.69, 9.17) is 19.3 Å². The van der Waals surface area contributed by atoms with Gasteiger partial charge in [0, 0.05) is 13.2 Å². The number of rotatable bonds is 13. The van der Waals surface area contributed by atoms with Gasteiger partial charge in [-0.25, -0.2) is 4.79 Å². The largest absolute Gasteiger partial charge is 0.482 e. The third kappa shape index (κ3) is 5.95. The summed E-state index contributed by atoms with van der Waals surface area (Å²) in [4.78, 5) is 10.7. The summed E-state index contributed by atoms with van der Waals surface area (Å²) in [5, 5.41) is 8.79. The van der Waals surface area contributed by atoms with Crippen LogP contribution < -0.4 is 4.74 Å². The number of hydrogen-bond acceptors (Lipinski definition) is 4. The van der Waals surface area contributed by atoms with Gasteiger partial charge in [0.15, 0.2) is 6.61 Å². The van der Waals surface area contributed by atoms with E-state index in [2.05, 4.69) is 13.0 Å². The number of benzene rings is 1. The highest BCUT2D eigenvalue weighted by molar-refractivity contribution is 5.68. The lowest BCUT2D eigenvalue weighted by Gasteiger charge is -2.28. The minimum Gasteiger partial charge on any atom is -0.482 e. The molecule has 5 nitrogen and oxygen atoms in total. The third-order valence-corrected chi connectivity index (χ3v) is 6.06. The molecule has 4 atom stereocenters. The summed E-state index contributed by atoms with van der Waals surface area (Å²) in [5.74, 6) is 0.729. The average Bonchev–Trinajstić information content (AvgIpc) is 3.28. The van der Waals surface area contributed by atoms with Gasteiger partial charge in [0.1, 0.15) is 5.75 Å². The van der Waals surface area contributed by atoms with Crippen molar-refractivity contribution in [2.45, 2.75) is 70.5 Å². The van der Waals surface area contributed by atoms with E-state index in [9.17, 15) is 4.79 Å². The van der Waals surface area contributed by atoms with E-state index in [1.807, 2.05) is 18.2 Å². The van der Waals surface area contributed by atoms with E-state index in [-0.39, 0.29) is 6.61 Å². The molecular formula is C23H34O5. The highest BCUT2D eigenvalue weighted by Gasteiger charge is 2.48. The second-order valence-corrected chi connectivity index (χ2v) is 8.11. The highest BCUT2D eigenvalue weighted by Crippen LogP contribution is 2.46. The van der Waals surface area contributed by atoms with Gasteiger partial charge < -0.3 is 19.3 Å². The molecule has 2 fully saturated rings. The van der Waals surface area contributed by atoms with Gasteiger partial charge >= 0.3 is 5.97 Å². The van der Waals surface area contributed by atoms with Crippen LogP contribution in [0.3, 0.4) is 0 Å². The Morgan fingerprint density at radius 1 is 1.14 bits per heavy atom. The smallest absolute Gasteiger partial charge is 0.341 e. The van der Waals surface area contributed by atoms with Gasteiger partial charge in [-0.1, -0.05) is 38.3 Å². The van der Waals surface area contributed by atoms with Gasteiger partial charge in [-0.2, -0.15) is 0 Å². The van der Waals surface area contributed by atoms with E-state index in [1.165, 1.54) is 31.2 Å². The van der Waals surface area contributed by atoms with Crippen molar-refractivity contribution in [3.05, 3.63) is 29.8 Å². The van der Waals surface area contributed by atoms with Gasteiger partial charge in [0.2, 0.25) is 0 Å². The molecule has 1 aromatic carbocycles. The van der Waals surface area contributed by atoms with Crippen LogP contribution in [0.1, 0.15) is 57.4 Å². The van der Waals surface area contributed by atoms with Crippen molar-refractivity contribution >= 4 is 5.97 Å². The third-order valence-electron chi connectivity index (χ3n) is 6.06. The quantitative estimate of drug-likeness (QED) is 0.503. The Labute approximate surface area is 168 Å². The second-order valence-electron chi connectivity index (χ2n) is 8.11. The van der Waals surface area contributed by atoms with Crippen LogP contribution in [0.5, 0.6) is 5.75 Å². The number of unbranched alkanes of at least 4 members (excludes halogenated alkanes) is 3. The molecule has 3 rings (SSSR count). The first-order chi connectivity index (χ1) is 13.7. The number of ether oxygens (including phenoxy) is 3. The zero-order valence-corrected chi connectivity index (χ0v) is 17.0. The van der Waals surface area contributed by atoms with Crippen molar-refractivity contribution in [2.24, 2.45) is 11.8 Å². The van der Waals surface area contributed by atoms with Gasteiger partial charge in [0.05, 0.1) is 12.2 Å². The molecule has 2 heterocycles. The van der Waals surface area contributed by atoms with Crippen LogP contribution in [-0.4, -0.2) is 43.1 Å². The lowest BCUT2D eigenvalue weighted by Crippen LogP contribution is -2.30. The molecule has 156 valence electrons. The number of fused-ring (bicyclic) bond motifs is 2. The summed E-state index contributed by atoms with van der Waals surface area (Å²) in [6, 6.07) is 7.82. The van der Waals surface area contributed by atoms with Crippen LogP contribution in [0, 0.1) is 11.8 Å². The molecule has 0 unspecified atom stereocenters. The normalized spacial score (nSPS) is 25.9. The molecule has 0 aliphatic carbocycles. The SMILES string of the molecule is CCCCCCOCC[C@@H]1[C@H](Cc2cccc(OCC(=O)O)c2)[C@@H]2CC[C@H]1O2. The average molecular weight is 391 g/mol. The van der Waals surface area contributed by atoms with Crippen molar-refractivity contribution in [3.8, 4) is 5.75 Å². The molecule has 2 saturated heterocycles. The first-order valence-corrected chi connectivity index (χ1v) is 10.8. The maximum atomic E-state index is 10.7. The van der Waals surface area contributed by atoms with Crippen LogP contribution >= 0.6 is 0 Å². The van der Waals surface area contributed by atoms with Gasteiger partial charge in [-0.05, 0) is 61.6 Å². The Kier molecular flexibility index (Phi) is 8.16. The molecule has 0 radical (unpaired) electrons. The monoisotopic (exact) mass is 390 g/mol. The fourth-order valence-electron chi connectivity index (χ4n) is 4.69. The second kappa shape index (κ2) is 10.8. The summed E-state index contributed by atoms with van der Waals surface area (Å²) in [7, 11) is 0. The van der Waals surface area contributed by atoms with Crippen LogP contribution in [0.4, 0.5) is 0 Å². The zero-order chi connectivity index (χ0) is 19.8. The first kappa shape index (κ1) is 21.1. The predicted octanol–water partition coefficient (Wildman–Crippen LogP) is 4.47. The van der Waals surface area contributed by atoms with Crippen LogP contribution in [0.15, 0.2) is 24.3 Å². The fourth-order valence-corrected chi connectivity index (χ4v) is 4.69. The van der Waals surface area contributed by atoms with E-state index >= 15 is 0 Å². The van der Waals surface area contributed by atoms with E-state index in [1.54, 1.807) is 0 Å². The molecule has 1 aromatic rings. The van der Waals surface area contributed by atoms with Gasteiger partial charge in [-0.3, -0.25) is 0 Å². The molecule has 2 aliphatic rings. The first-order valence-electron chi connectivity index (χ1n) is 10.8. The summed E-state index contributed by atoms with van der Waals surface area (Å²) in [5.41, 5.74) is 1.19. The Hall–Kier alpha value is -1.59. The van der Waals surface area contributed by atoms with Crippen LogP contribution in [0.2, 0.25) is 0 Å². The molecule has 5 heteroatoms. The van der Waals surface area contributed by atoms with E-state index in [0.29, 0.717) is 29.8 Å². The van der Waals surface area contributed by atoms with Crippen molar-refractivity contribution < 1.29 is 24.1 Å².